The van der Waals surface area contributed by atoms with E-state index in [0.29, 0.717) is 12.0 Å². The van der Waals surface area contributed by atoms with E-state index in [1.807, 2.05) is 0 Å². The average molecular weight is 264 g/mol. The van der Waals surface area contributed by atoms with Crippen LogP contribution in [-0.2, 0) is 10.1 Å². The molecule has 18 heavy (non-hydrogen) atoms. The zero-order valence-electron chi connectivity index (χ0n) is 9.79. The van der Waals surface area contributed by atoms with Gasteiger partial charge in [-0.05, 0) is 43.7 Å². The van der Waals surface area contributed by atoms with E-state index in [-0.39, 0.29) is 16.4 Å². The van der Waals surface area contributed by atoms with Crippen LogP contribution in [0.4, 0.5) is 0 Å². The van der Waals surface area contributed by atoms with E-state index in [0.717, 1.165) is 0 Å². The molecule has 0 saturated heterocycles. The van der Waals surface area contributed by atoms with Gasteiger partial charge in [0.2, 0.25) is 0 Å². The first-order valence-electron chi connectivity index (χ1n) is 5.41. The molecule has 4 nitrogen and oxygen atoms in total. The van der Waals surface area contributed by atoms with Crippen LogP contribution in [0.15, 0.2) is 47.4 Å². The molecule has 0 aromatic heterocycles. The van der Waals surface area contributed by atoms with Crippen LogP contribution in [0, 0.1) is 0 Å². The largest absolute Gasteiger partial charge is 0.379 e. The van der Waals surface area contributed by atoms with E-state index in [2.05, 4.69) is 0 Å². The number of ketones is 1. The number of carbonyl (C=O) groups excluding carboxylic acids is 1. The SMILES string of the molecule is CC(=O)c1ccc(OS(=O)(=O)C2=CCC=C2)cc1. The first-order chi connectivity index (χ1) is 8.49. The van der Waals surface area contributed by atoms with E-state index < -0.39 is 10.1 Å². The molecule has 0 N–H and O–H groups in total. The van der Waals surface area contributed by atoms with Crippen molar-refractivity contribution in [3.63, 3.8) is 0 Å². The zero-order chi connectivity index (χ0) is 13.2. The molecule has 1 aliphatic rings. The lowest BCUT2D eigenvalue weighted by molar-refractivity contribution is 0.101. The lowest BCUT2D eigenvalue weighted by Gasteiger charge is -2.06. The standard InChI is InChI=1S/C13H12O4S/c1-10(14)11-6-8-12(9-7-11)17-18(15,16)13-4-2-3-5-13/h2,4-9H,3H2,1H3. The minimum absolute atomic E-state index is 0.0779. The van der Waals surface area contributed by atoms with Crippen molar-refractivity contribution < 1.29 is 17.4 Å². The Morgan fingerprint density at radius 3 is 2.39 bits per heavy atom. The lowest BCUT2D eigenvalue weighted by Crippen LogP contribution is -2.10. The molecule has 0 aliphatic heterocycles. The summed E-state index contributed by atoms with van der Waals surface area (Å²) in [7, 11) is -3.76. The van der Waals surface area contributed by atoms with Crippen LogP contribution in [-0.4, -0.2) is 14.2 Å². The quantitative estimate of drug-likeness (QED) is 0.619. The number of Topliss-reactive ketones (excluding diaryl/α,β-unsaturated/α-hetero) is 1. The maximum absolute atomic E-state index is 11.8. The molecule has 1 aliphatic carbocycles. The first kappa shape index (κ1) is 12.6. The Labute approximate surface area is 106 Å². The molecule has 0 fully saturated rings. The number of allylic oxidation sites excluding steroid dienone is 3. The van der Waals surface area contributed by atoms with Gasteiger partial charge in [0.05, 0.1) is 0 Å². The Kier molecular flexibility index (Phi) is 3.34. The summed E-state index contributed by atoms with van der Waals surface area (Å²) >= 11 is 0. The van der Waals surface area contributed by atoms with Crippen LogP contribution in [0.1, 0.15) is 23.7 Å². The molecule has 1 aromatic rings. The molecular formula is C13H12O4S. The van der Waals surface area contributed by atoms with Gasteiger partial charge in [0.15, 0.2) is 5.78 Å². The van der Waals surface area contributed by atoms with Gasteiger partial charge in [-0.1, -0.05) is 12.2 Å². The minimum atomic E-state index is -3.76. The van der Waals surface area contributed by atoms with Crippen LogP contribution in [0.5, 0.6) is 5.75 Å². The highest BCUT2D eigenvalue weighted by Crippen LogP contribution is 2.21. The Morgan fingerprint density at radius 2 is 1.89 bits per heavy atom. The number of carbonyl (C=O) groups is 1. The molecule has 0 heterocycles. The molecule has 0 radical (unpaired) electrons. The third kappa shape index (κ3) is 2.68. The summed E-state index contributed by atoms with van der Waals surface area (Å²) in [5.74, 6) is 0.118. The van der Waals surface area contributed by atoms with Crippen molar-refractivity contribution in [1.29, 1.82) is 0 Å². The Hall–Kier alpha value is -1.88. The van der Waals surface area contributed by atoms with Crippen LogP contribution in [0.3, 0.4) is 0 Å². The Balaban J connectivity index is 2.19. The van der Waals surface area contributed by atoms with Gasteiger partial charge in [-0.15, -0.1) is 0 Å². The first-order valence-corrected chi connectivity index (χ1v) is 6.82. The molecule has 0 amide bonds. The van der Waals surface area contributed by atoms with Crippen molar-refractivity contribution in [2.75, 3.05) is 0 Å². The maximum Gasteiger partial charge on any atom is 0.338 e. The number of hydrogen-bond acceptors (Lipinski definition) is 4. The highest BCUT2D eigenvalue weighted by molar-refractivity contribution is 7.91. The van der Waals surface area contributed by atoms with E-state index in [1.54, 1.807) is 12.2 Å². The Morgan fingerprint density at radius 1 is 1.22 bits per heavy atom. The summed E-state index contributed by atoms with van der Waals surface area (Å²) in [6, 6.07) is 6.00. The van der Waals surface area contributed by atoms with Crippen LogP contribution < -0.4 is 4.18 Å². The van der Waals surface area contributed by atoms with Gasteiger partial charge < -0.3 is 4.18 Å². The molecule has 2 rings (SSSR count). The third-order valence-corrected chi connectivity index (χ3v) is 3.78. The average Bonchev–Trinajstić information content (AvgIpc) is 2.83. The molecular weight excluding hydrogens is 252 g/mol. The summed E-state index contributed by atoms with van der Waals surface area (Å²) in [5, 5.41) is 0. The fourth-order valence-electron chi connectivity index (χ4n) is 1.54. The van der Waals surface area contributed by atoms with Gasteiger partial charge >= 0.3 is 10.1 Å². The summed E-state index contributed by atoms with van der Waals surface area (Å²) in [6.45, 7) is 1.45. The highest BCUT2D eigenvalue weighted by atomic mass is 32.2. The normalized spacial score (nSPS) is 14.4. The van der Waals surface area contributed by atoms with Crippen LogP contribution >= 0.6 is 0 Å². The molecule has 5 heteroatoms. The van der Waals surface area contributed by atoms with Crippen molar-refractivity contribution in [3.8, 4) is 5.75 Å². The predicted molar refractivity (Wildman–Crippen MR) is 67.8 cm³/mol. The van der Waals surface area contributed by atoms with Crippen molar-refractivity contribution in [3.05, 3.63) is 53.0 Å². The van der Waals surface area contributed by atoms with E-state index in [4.69, 9.17) is 4.18 Å². The van der Waals surface area contributed by atoms with Crippen molar-refractivity contribution in [2.24, 2.45) is 0 Å². The smallest absolute Gasteiger partial charge is 0.338 e. The van der Waals surface area contributed by atoms with Gasteiger partial charge in [0.25, 0.3) is 0 Å². The van der Waals surface area contributed by atoms with Gasteiger partial charge in [-0.2, -0.15) is 8.42 Å². The zero-order valence-corrected chi connectivity index (χ0v) is 10.6. The maximum atomic E-state index is 11.8. The highest BCUT2D eigenvalue weighted by Gasteiger charge is 2.19. The number of rotatable bonds is 4. The predicted octanol–water partition coefficient (Wildman–Crippen LogP) is 2.44. The van der Waals surface area contributed by atoms with Gasteiger partial charge in [0.1, 0.15) is 10.7 Å². The molecule has 0 saturated carbocycles. The van der Waals surface area contributed by atoms with Crippen molar-refractivity contribution in [1.82, 2.24) is 0 Å². The Bertz CT molecular complexity index is 621. The number of hydrogen-bond donors (Lipinski definition) is 0. The fourth-order valence-corrected chi connectivity index (χ4v) is 2.57. The molecule has 0 spiro atoms. The third-order valence-electron chi connectivity index (χ3n) is 2.49. The van der Waals surface area contributed by atoms with E-state index in [9.17, 15) is 13.2 Å². The van der Waals surface area contributed by atoms with Gasteiger partial charge in [0, 0.05) is 5.56 Å². The minimum Gasteiger partial charge on any atom is -0.379 e. The van der Waals surface area contributed by atoms with Crippen LogP contribution in [0.25, 0.3) is 0 Å². The second-order valence-electron chi connectivity index (χ2n) is 3.86. The molecule has 0 atom stereocenters. The topological polar surface area (TPSA) is 60.4 Å². The van der Waals surface area contributed by atoms with E-state index in [1.165, 1.54) is 37.3 Å². The van der Waals surface area contributed by atoms with Crippen molar-refractivity contribution >= 4 is 15.9 Å². The summed E-state index contributed by atoms with van der Waals surface area (Å²) in [5.41, 5.74) is 0.514. The van der Waals surface area contributed by atoms with E-state index >= 15 is 0 Å². The van der Waals surface area contributed by atoms with Gasteiger partial charge in [-0.25, -0.2) is 0 Å². The second kappa shape index (κ2) is 4.78. The molecule has 0 bridgehead atoms. The van der Waals surface area contributed by atoms with Gasteiger partial charge in [-0.3, -0.25) is 4.79 Å². The molecule has 0 unspecified atom stereocenters. The monoisotopic (exact) mass is 264 g/mol. The lowest BCUT2D eigenvalue weighted by atomic mass is 10.1. The van der Waals surface area contributed by atoms with Crippen molar-refractivity contribution in [2.45, 2.75) is 13.3 Å². The summed E-state index contributed by atoms with van der Waals surface area (Å²) in [4.78, 5) is 11.2. The summed E-state index contributed by atoms with van der Waals surface area (Å²) < 4.78 is 28.6. The molecule has 94 valence electrons. The fraction of sp³-hybridized carbons (Fsp3) is 0.154. The second-order valence-corrected chi connectivity index (χ2v) is 5.41. The molecule has 1 aromatic carbocycles. The van der Waals surface area contributed by atoms with Crippen LogP contribution in [0.2, 0.25) is 0 Å². The number of benzene rings is 1. The summed E-state index contributed by atoms with van der Waals surface area (Å²) in [6.07, 6.45) is 5.44.